The Labute approximate surface area is 286 Å². The largest absolute Gasteiger partial charge is 0.352 e. The minimum Gasteiger partial charge on any atom is -0.352 e. The van der Waals surface area contributed by atoms with Crippen LogP contribution >= 0.6 is 0 Å². The number of sulfonamides is 1. The molecule has 5 rings (SSSR count). The molecule has 1 fully saturated rings. The summed E-state index contributed by atoms with van der Waals surface area (Å²) in [6.45, 7) is 7.32. The molecule has 48 heavy (non-hydrogen) atoms. The maximum atomic E-state index is 14.8. The quantitative estimate of drug-likeness (QED) is 0.173. The molecular formula is C40H47N3O4S. The molecule has 0 radical (unpaired) electrons. The zero-order valence-corrected chi connectivity index (χ0v) is 29.3. The highest BCUT2D eigenvalue weighted by Gasteiger charge is 2.36. The average molecular weight is 666 g/mol. The second kappa shape index (κ2) is 15.6. The van der Waals surface area contributed by atoms with Crippen LogP contribution in [0, 0.1) is 27.7 Å². The molecular weight excluding hydrogens is 619 g/mol. The van der Waals surface area contributed by atoms with Gasteiger partial charge in [0.15, 0.2) is 0 Å². The van der Waals surface area contributed by atoms with Crippen LogP contribution in [-0.4, -0.2) is 43.8 Å². The van der Waals surface area contributed by atoms with Gasteiger partial charge in [0, 0.05) is 19.0 Å². The molecule has 0 spiro atoms. The summed E-state index contributed by atoms with van der Waals surface area (Å²) in [5.74, 6) is -0.665. The van der Waals surface area contributed by atoms with Crippen LogP contribution in [0.4, 0.5) is 5.69 Å². The summed E-state index contributed by atoms with van der Waals surface area (Å²) in [7, 11) is -4.16. The summed E-state index contributed by atoms with van der Waals surface area (Å²) in [5, 5.41) is 3.27. The fourth-order valence-electron chi connectivity index (χ4n) is 6.41. The molecule has 1 saturated carbocycles. The highest BCUT2D eigenvalue weighted by atomic mass is 32.2. The number of amides is 2. The van der Waals surface area contributed by atoms with Crippen LogP contribution in [0.3, 0.4) is 0 Å². The first-order valence-corrected chi connectivity index (χ1v) is 18.3. The number of carbonyl (C=O) groups excluding carboxylic acids is 2. The number of rotatable bonds is 12. The Morgan fingerprint density at radius 1 is 0.771 bits per heavy atom. The number of carbonyl (C=O) groups is 2. The molecule has 8 heteroatoms. The van der Waals surface area contributed by atoms with Gasteiger partial charge in [-0.2, -0.15) is 0 Å². The normalized spacial score (nSPS) is 14.2. The van der Waals surface area contributed by atoms with Gasteiger partial charge in [-0.05, 0) is 86.6 Å². The first-order chi connectivity index (χ1) is 23.0. The van der Waals surface area contributed by atoms with Crippen LogP contribution in [0.5, 0.6) is 0 Å². The summed E-state index contributed by atoms with van der Waals surface area (Å²) in [4.78, 5) is 30.8. The molecule has 2 amide bonds. The van der Waals surface area contributed by atoms with Crippen molar-refractivity contribution >= 4 is 27.5 Å². The third-order valence-corrected chi connectivity index (χ3v) is 11.1. The Balaban J connectivity index is 1.59. The maximum absolute atomic E-state index is 14.8. The monoisotopic (exact) mass is 665 g/mol. The molecule has 1 aliphatic rings. The molecule has 252 valence electrons. The van der Waals surface area contributed by atoms with Crippen molar-refractivity contribution < 1.29 is 18.0 Å². The van der Waals surface area contributed by atoms with Gasteiger partial charge in [-0.15, -0.1) is 0 Å². The smallest absolute Gasteiger partial charge is 0.264 e. The van der Waals surface area contributed by atoms with Gasteiger partial charge in [0.1, 0.15) is 12.6 Å². The molecule has 1 aliphatic carbocycles. The highest BCUT2D eigenvalue weighted by Crippen LogP contribution is 2.29. The van der Waals surface area contributed by atoms with Gasteiger partial charge in [0.2, 0.25) is 11.8 Å². The van der Waals surface area contributed by atoms with Gasteiger partial charge < -0.3 is 10.2 Å². The molecule has 0 bridgehead atoms. The van der Waals surface area contributed by atoms with Gasteiger partial charge in [0.05, 0.1) is 10.6 Å². The lowest BCUT2D eigenvalue weighted by Gasteiger charge is -2.35. The number of nitrogens with one attached hydrogen (secondary N) is 1. The number of hydrogen-bond donors (Lipinski definition) is 1. The number of aryl methyl sites for hydroxylation is 4. The van der Waals surface area contributed by atoms with E-state index in [2.05, 4.69) is 5.32 Å². The first kappa shape index (κ1) is 34.9. The van der Waals surface area contributed by atoms with E-state index >= 15 is 0 Å². The van der Waals surface area contributed by atoms with Gasteiger partial charge in [-0.3, -0.25) is 13.9 Å². The Bertz CT molecular complexity index is 1820. The molecule has 0 aromatic heterocycles. The van der Waals surface area contributed by atoms with E-state index < -0.39 is 28.5 Å². The van der Waals surface area contributed by atoms with Crippen LogP contribution in [-0.2, 0) is 32.6 Å². The number of hydrogen-bond acceptors (Lipinski definition) is 4. The zero-order chi connectivity index (χ0) is 34.3. The van der Waals surface area contributed by atoms with E-state index in [9.17, 15) is 18.0 Å². The second-order valence-corrected chi connectivity index (χ2v) is 15.0. The predicted octanol–water partition coefficient (Wildman–Crippen LogP) is 7.20. The number of nitrogens with zero attached hydrogens (tertiary/aromatic N) is 2. The third kappa shape index (κ3) is 8.53. The Hall–Kier alpha value is -4.43. The van der Waals surface area contributed by atoms with Gasteiger partial charge in [-0.1, -0.05) is 104 Å². The fourth-order valence-corrected chi connectivity index (χ4v) is 7.88. The Morgan fingerprint density at radius 3 is 2.10 bits per heavy atom. The standard InChI is InChI=1S/C40H47N3O4S/c1-29-20-23-36(24-21-29)48(46,47)43(37-25-30(2)19-22-32(37)4)28-39(44)42(27-34-16-12-11-13-31(34)3)38(26-33-14-7-5-8-15-33)40(45)41-35-17-9-6-10-18-35/h5,7-8,11-16,19-25,35,38H,6,9-10,17-18,26-28H2,1-4H3,(H,41,45)/t38-/m0/s1. The fraction of sp³-hybridized carbons (Fsp3) is 0.350. The van der Waals surface area contributed by atoms with Crippen LogP contribution < -0.4 is 9.62 Å². The van der Waals surface area contributed by atoms with Gasteiger partial charge in [0.25, 0.3) is 10.0 Å². The predicted molar refractivity (Wildman–Crippen MR) is 192 cm³/mol. The molecule has 4 aromatic carbocycles. The Kier molecular flexibility index (Phi) is 11.4. The van der Waals surface area contributed by atoms with Crippen molar-refractivity contribution in [2.24, 2.45) is 0 Å². The number of benzene rings is 4. The summed E-state index contributed by atoms with van der Waals surface area (Å²) >= 11 is 0. The van der Waals surface area contributed by atoms with E-state index in [-0.39, 0.29) is 23.4 Å². The average Bonchev–Trinajstić information content (AvgIpc) is 3.08. The molecule has 0 heterocycles. The van der Waals surface area contributed by atoms with Crippen molar-refractivity contribution in [2.45, 2.75) is 89.7 Å². The second-order valence-electron chi connectivity index (χ2n) is 13.1. The van der Waals surface area contributed by atoms with Gasteiger partial charge >= 0.3 is 0 Å². The summed E-state index contributed by atoms with van der Waals surface area (Å²) in [5.41, 5.74) is 5.77. The van der Waals surface area contributed by atoms with Gasteiger partial charge in [-0.25, -0.2) is 8.42 Å². The first-order valence-electron chi connectivity index (χ1n) is 16.9. The van der Waals surface area contributed by atoms with Crippen LogP contribution in [0.1, 0.15) is 65.5 Å². The molecule has 0 aliphatic heterocycles. The number of anilines is 1. The van der Waals surface area contributed by atoms with E-state index in [1.807, 2.05) is 94.4 Å². The SMILES string of the molecule is Cc1ccc(S(=O)(=O)N(CC(=O)N(Cc2ccccc2C)[C@@H](Cc2ccccc2)C(=O)NC2CCCCC2)c2cc(C)ccc2C)cc1. The van der Waals surface area contributed by atoms with E-state index in [1.54, 1.807) is 35.2 Å². The minimum absolute atomic E-state index is 0.0493. The highest BCUT2D eigenvalue weighted by molar-refractivity contribution is 7.92. The Morgan fingerprint density at radius 2 is 1.42 bits per heavy atom. The lowest BCUT2D eigenvalue weighted by atomic mass is 9.94. The van der Waals surface area contributed by atoms with Crippen molar-refractivity contribution in [3.05, 3.63) is 130 Å². The van der Waals surface area contributed by atoms with Crippen molar-refractivity contribution in [3.63, 3.8) is 0 Å². The van der Waals surface area contributed by atoms with Crippen molar-refractivity contribution in [2.75, 3.05) is 10.8 Å². The van der Waals surface area contributed by atoms with E-state index in [0.29, 0.717) is 12.1 Å². The van der Waals surface area contributed by atoms with E-state index in [4.69, 9.17) is 0 Å². The van der Waals surface area contributed by atoms with Crippen molar-refractivity contribution in [1.29, 1.82) is 0 Å². The molecule has 0 saturated heterocycles. The lowest BCUT2D eigenvalue weighted by Crippen LogP contribution is -2.55. The lowest BCUT2D eigenvalue weighted by molar-refractivity contribution is -0.140. The molecule has 0 unspecified atom stereocenters. The van der Waals surface area contributed by atoms with Crippen LogP contribution in [0.2, 0.25) is 0 Å². The van der Waals surface area contributed by atoms with Crippen molar-refractivity contribution in [3.8, 4) is 0 Å². The molecule has 1 N–H and O–H groups in total. The van der Waals surface area contributed by atoms with Crippen LogP contribution in [0.15, 0.2) is 102 Å². The molecule has 1 atom stereocenters. The van der Waals surface area contributed by atoms with E-state index in [1.165, 1.54) is 4.31 Å². The minimum atomic E-state index is -4.16. The van der Waals surface area contributed by atoms with E-state index in [0.717, 1.165) is 65.5 Å². The summed E-state index contributed by atoms with van der Waals surface area (Å²) in [6, 6.07) is 29.0. The summed E-state index contributed by atoms with van der Waals surface area (Å²) in [6.07, 6.45) is 5.38. The van der Waals surface area contributed by atoms with Crippen molar-refractivity contribution in [1.82, 2.24) is 10.2 Å². The topological polar surface area (TPSA) is 86.8 Å². The molecule has 7 nitrogen and oxygen atoms in total. The van der Waals surface area contributed by atoms with Crippen LogP contribution in [0.25, 0.3) is 0 Å². The third-order valence-electron chi connectivity index (χ3n) is 9.35. The maximum Gasteiger partial charge on any atom is 0.264 e. The summed E-state index contributed by atoms with van der Waals surface area (Å²) < 4.78 is 30.0. The zero-order valence-electron chi connectivity index (χ0n) is 28.5. The molecule has 4 aromatic rings.